The monoisotopic (exact) mass is 263 g/mol. The number of hydrogen-bond acceptors (Lipinski definition) is 5. The van der Waals surface area contributed by atoms with Gasteiger partial charge in [-0.25, -0.2) is 4.98 Å². The maximum absolute atomic E-state index is 11.8. The number of carbonyl (C=O) groups is 1. The summed E-state index contributed by atoms with van der Waals surface area (Å²) in [4.78, 5) is 15.9. The molecule has 1 amide bonds. The topological polar surface area (TPSA) is 77.2 Å². The fraction of sp³-hybridized carbons (Fsp3) is 0.167. The second kappa shape index (κ2) is 5.50. The van der Waals surface area contributed by atoms with Crippen molar-refractivity contribution in [3.8, 4) is 5.75 Å². The van der Waals surface area contributed by atoms with Gasteiger partial charge in [-0.15, -0.1) is 11.3 Å². The van der Waals surface area contributed by atoms with E-state index in [1.54, 1.807) is 31.4 Å². The Hall–Kier alpha value is -2.08. The third kappa shape index (κ3) is 2.98. The predicted octanol–water partition coefficient (Wildman–Crippen LogP) is 1.66. The Labute approximate surface area is 109 Å². The first kappa shape index (κ1) is 12.4. The number of benzene rings is 1. The van der Waals surface area contributed by atoms with Crippen LogP contribution in [0.15, 0.2) is 29.6 Å². The molecule has 0 aliphatic rings. The lowest BCUT2D eigenvalue weighted by molar-refractivity contribution is 0.0950. The van der Waals surface area contributed by atoms with Crippen molar-refractivity contribution < 1.29 is 9.53 Å². The quantitative estimate of drug-likeness (QED) is 0.879. The van der Waals surface area contributed by atoms with Crippen LogP contribution in [0.2, 0.25) is 0 Å². The van der Waals surface area contributed by atoms with Gasteiger partial charge in [0.1, 0.15) is 5.75 Å². The highest BCUT2D eigenvalue weighted by Gasteiger charge is 2.06. The van der Waals surface area contributed by atoms with Crippen LogP contribution in [0.4, 0.5) is 5.13 Å². The van der Waals surface area contributed by atoms with E-state index in [2.05, 4.69) is 10.3 Å². The zero-order valence-electron chi connectivity index (χ0n) is 9.84. The molecule has 1 aromatic heterocycles. The van der Waals surface area contributed by atoms with E-state index in [4.69, 9.17) is 10.5 Å². The number of hydrogen-bond donors (Lipinski definition) is 2. The van der Waals surface area contributed by atoms with Crippen LogP contribution >= 0.6 is 11.3 Å². The Balaban J connectivity index is 1.94. The number of nitrogen functional groups attached to an aromatic ring is 1. The van der Waals surface area contributed by atoms with E-state index in [1.807, 2.05) is 5.38 Å². The number of rotatable bonds is 4. The standard InChI is InChI=1S/C12H13N3O2S/c1-17-10-4-2-8(3-5-10)11(16)14-6-9-7-18-12(13)15-9/h2-5,7H,6H2,1H3,(H2,13,15)(H,14,16). The van der Waals surface area contributed by atoms with Crippen LogP contribution in [0.3, 0.4) is 0 Å². The number of anilines is 1. The number of carbonyl (C=O) groups excluding carboxylic acids is 1. The number of nitrogens with two attached hydrogens (primary N) is 1. The van der Waals surface area contributed by atoms with Gasteiger partial charge in [-0.05, 0) is 24.3 Å². The molecule has 3 N–H and O–H groups in total. The molecule has 0 unspecified atom stereocenters. The fourth-order valence-electron chi connectivity index (χ4n) is 1.42. The number of ether oxygens (including phenoxy) is 1. The summed E-state index contributed by atoms with van der Waals surface area (Å²) in [6.45, 7) is 0.374. The molecule has 0 atom stereocenters. The minimum atomic E-state index is -0.149. The molecule has 2 rings (SSSR count). The Morgan fingerprint density at radius 2 is 2.17 bits per heavy atom. The van der Waals surface area contributed by atoms with Gasteiger partial charge < -0.3 is 15.8 Å². The summed E-state index contributed by atoms with van der Waals surface area (Å²) in [5, 5.41) is 5.10. The third-order valence-electron chi connectivity index (χ3n) is 2.35. The molecular formula is C12H13N3O2S. The van der Waals surface area contributed by atoms with E-state index >= 15 is 0 Å². The zero-order chi connectivity index (χ0) is 13.0. The average molecular weight is 263 g/mol. The van der Waals surface area contributed by atoms with Gasteiger partial charge in [-0.2, -0.15) is 0 Å². The van der Waals surface area contributed by atoms with Crippen molar-refractivity contribution in [1.29, 1.82) is 0 Å². The van der Waals surface area contributed by atoms with E-state index in [0.717, 1.165) is 11.4 Å². The molecule has 2 aromatic rings. The molecule has 0 fully saturated rings. The Kier molecular flexibility index (Phi) is 3.78. The van der Waals surface area contributed by atoms with Crippen LogP contribution in [0.5, 0.6) is 5.75 Å². The molecule has 0 bridgehead atoms. The highest BCUT2D eigenvalue weighted by molar-refractivity contribution is 7.13. The minimum absolute atomic E-state index is 0.149. The second-order valence-corrected chi connectivity index (χ2v) is 4.48. The molecule has 0 saturated heterocycles. The maximum atomic E-state index is 11.8. The number of thiazole rings is 1. The Morgan fingerprint density at radius 1 is 1.44 bits per heavy atom. The summed E-state index contributed by atoms with van der Waals surface area (Å²) in [6, 6.07) is 6.92. The van der Waals surface area contributed by atoms with Crippen molar-refractivity contribution in [2.75, 3.05) is 12.8 Å². The lowest BCUT2D eigenvalue weighted by Gasteiger charge is -2.04. The Morgan fingerprint density at radius 3 is 2.72 bits per heavy atom. The maximum Gasteiger partial charge on any atom is 0.251 e. The van der Waals surface area contributed by atoms with E-state index in [1.165, 1.54) is 11.3 Å². The molecule has 1 aromatic carbocycles. The molecule has 0 radical (unpaired) electrons. The molecule has 0 aliphatic carbocycles. The van der Waals surface area contributed by atoms with Crippen molar-refractivity contribution in [1.82, 2.24) is 10.3 Å². The van der Waals surface area contributed by atoms with E-state index in [9.17, 15) is 4.79 Å². The zero-order valence-corrected chi connectivity index (χ0v) is 10.7. The van der Waals surface area contributed by atoms with Crippen molar-refractivity contribution in [3.63, 3.8) is 0 Å². The van der Waals surface area contributed by atoms with E-state index < -0.39 is 0 Å². The van der Waals surface area contributed by atoms with Gasteiger partial charge in [0.25, 0.3) is 5.91 Å². The number of nitrogens with one attached hydrogen (secondary N) is 1. The highest BCUT2D eigenvalue weighted by Crippen LogP contribution is 2.12. The van der Waals surface area contributed by atoms with Gasteiger partial charge in [-0.1, -0.05) is 0 Å². The summed E-state index contributed by atoms with van der Waals surface area (Å²) in [7, 11) is 1.59. The summed E-state index contributed by atoms with van der Waals surface area (Å²) >= 11 is 1.36. The summed E-state index contributed by atoms with van der Waals surface area (Å²) in [6.07, 6.45) is 0. The SMILES string of the molecule is COc1ccc(C(=O)NCc2csc(N)n2)cc1. The largest absolute Gasteiger partial charge is 0.497 e. The molecule has 0 saturated carbocycles. The molecule has 18 heavy (non-hydrogen) atoms. The van der Waals surface area contributed by atoms with Crippen molar-refractivity contribution >= 4 is 22.4 Å². The highest BCUT2D eigenvalue weighted by atomic mass is 32.1. The fourth-order valence-corrected chi connectivity index (χ4v) is 1.98. The average Bonchev–Trinajstić information content (AvgIpc) is 2.82. The molecule has 0 aliphatic heterocycles. The van der Waals surface area contributed by atoms with Gasteiger partial charge in [0.2, 0.25) is 0 Å². The number of amides is 1. The summed E-state index contributed by atoms with van der Waals surface area (Å²) in [5.74, 6) is 0.572. The molecule has 0 spiro atoms. The van der Waals surface area contributed by atoms with Crippen LogP contribution in [-0.4, -0.2) is 18.0 Å². The van der Waals surface area contributed by atoms with Gasteiger partial charge in [0.05, 0.1) is 19.3 Å². The number of methoxy groups -OCH3 is 1. The first-order valence-electron chi connectivity index (χ1n) is 5.31. The smallest absolute Gasteiger partial charge is 0.251 e. The van der Waals surface area contributed by atoms with E-state index in [0.29, 0.717) is 17.2 Å². The van der Waals surface area contributed by atoms with Gasteiger partial charge >= 0.3 is 0 Å². The molecule has 94 valence electrons. The van der Waals surface area contributed by atoms with Crippen LogP contribution in [0.25, 0.3) is 0 Å². The van der Waals surface area contributed by atoms with Crippen LogP contribution in [-0.2, 0) is 6.54 Å². The van der Waals surface area contributed by atoms with Gasteiger partial charge in [-0.3, -0.25) is 4.79 Å². The normalized spacial score (nSPS) is 10.1. The predicted molar refractivity (Wildman–Crippen MR) is 70.7 cm³/mol. The van der Waals surface area contributed by atoms with Crippen LogP contribution < -0.4 is 15.8 Å². The molecule has 1 heterocycles. The van der Waals surface area contributed by atoms with Gasteiger partial charge in [0.15, 0.2) is 5.13 Å². The van der Waals surface area contributed by atoms with Crippen molar-refractivity contribution in [3.05, 3.63) is 40.9 Å². The van der Waals surface area contributed by atoms with Gasteiger partial charge in [0, 0.05) is 10.9 Å². The number of aromatic nitrogens is 1. The summed E-state index contributed by atoms with van der Waals surface area (Å²) < 4.78 is 5.03. The first-order valence-corrected chi connectivity index (χ1v) is 6.19. The van der Waals surface area contributed by atoms with Crippen LogP contribution in [0, 0.1) is 0 Å². The lowest BCUT2D eigenvalue weighted by Crippen LogP contribution is -2.22. The molecule has 5 nitrogen and oxygen atoms in total. The minimum Gasteiger partial charge on any atom is -0.497 e. The third-order valence-corrected chi connectivity index (χ3v) is 3.07. The van der Waals surface area contributed by atoms with Crippen molar-refractivity contribution in [2.45, 2.75) is 6.54 Å². The van der Waals surface area contributed by atoms with Crippen molar-refractivity contribution in [2.24, 2.45) is 0 Å². The first-order chi connectivity index (χ1) is 8.69. The molecule has 6 heteroatoms. The number of nitrogens with zero attached hydrogens (tertiary/aromatic N) is 1. The molecular weight excluding hydrogens is 250 g/mol. The second-order valence-electron chi connectivity index (χ2n) is 3.59. The lowest BCUT2D eigenvalue weighted by atomic mass is 10.2. The van der Waals surface area contributed by atoms with E-state index in [-0.39, 0.29) is 5.91 Å². The van der Waals surface area contributed by atoms with Crippen LogP contribution in [0.1, 0.15) is 16.1 Å². The Bertz CT molecular complexity index is 537. The summed E-state index contributed by atoms with van der Waals surface area (Å²) in [5.41, 5.74) is 6.85.